The van der Waals surface area contributed by atoms with Crippen LogP contribution in [0.3, 0.4) is 0 Å². The molecular formula is C16H27N3O3. The average molecular weight is 309 g/mol. The number of amides is 1. The second-order valence-corrected chi connectivity index (χ2v) is 5.32. The number of hydrogen-bond donors (Lipinski definition) is 2. The number of imidazole rings is 1. The van der Waals surface area contributed by atoms with E-state index < -0.39 is 12.0 Å². The number of nitrogens with one attached hydrogen (secondary N) is 2. The van der Waals surface area contributed by atoms with Crippen LogP contribution in [0.15, 0.2) is 12.5 Å². The number of hydrogen-bond acceptors (Lipinski definition) is 4. The Morgan fingerprint density at radius 1 is 1.27 bits per heavy atom. The predicted molar refractivity (Wildman–Crippen MR) is 84.2 cm³/mol. The molecular weight excluding hydrogens is 282 g/mol. The maximum atomic E-state index is 12.0. The molecule has 0 radical (unpaired) electrons. The molecule has 0 saturated heterocycles. The summed E-state index contributed by atoms with van der Waals surface area (Å²) in [6.07, 6.45) is 9.43. The Labute approximate surface area is 132 Å². The van der Waals surface area contributed by atoms with E-state index in [1.54, 1.807) is 19.4 Å². The topological polar surface area (TPSA) is 84.1 Å². The van der Waals surface area contributed by atoms with Gasteiger partial charge in [0, 0.05) is 24.7 Å². The van der Waals surface area contributed by atoms with Gasteiger partial charge in [-0.3, -0.25) is 4.79 Å². The van der Waals surface area contributed by atoms with Gasteiger partial charge in [-0.15, -0.1) is 0 Å². The lowest BCUT2D eigenvalue weighted by molar-refractivity contribution is -0.147. The standard InChI is InChI=1S/C16H27N3O3/c1-3-5-6-7-8-9-15(20)19-14(16(21)22-4-2)10-13-11-17-12-18-13/h11-12,14H,3-10H2,1-2H3,(H,17,18)(H,19,20)/t14-/m0/s1. The summed E-state index contributed by atoms with van der Waals surface area (Å²) in [5.41, 5.74) is 0.793. The van der Waals surface area contributed by atoms with Gasteiger partial charge in [0.15, 0.2) is 0 Å². The molecule has 0 spiro atoms. The number of aromatic amines is 1. The van der Waals surface area contributed by atoms with Crippen molar-refractivity contribution in [2.75, 3.05) is 6.61 Å². The molecule has 1 rings (SSSR count). The van der Waals surface area contributed by atoms with Crippen molar-refractivity contribution in [3.63, 3.8) is 0 Å². The van der Waals surface area contributed by atoms with Crippen LogP contribution >= 0.6 is 0 Å². The Morgan fingerprint density at radius 3 is 2.68 bits per heavy atom. The van der Waals surface area contributed by atoms with Gasteiger partial charge in [0.05, 0.1) is 12.9 Å². The molecule has 124 valence electrons. The highest BCUT2D eigenvalue weighted by molar-refractivity contribution is 5.84. The zero-order valence-electron chi connectivity index (χ0n) is 13.6. The largest absolute Gasteiger partial charge is 0.464 e. The summed E-state index contributed by atoms with van der Waals surface area (Å²) in [6.45, 7) is 4.21. The molecule has 0 bridgehead atoms. The number of carbonyl (C=O) groups is 2. The fourth-order valence-electron chi connectivity index (χ4n) is 2.21. The third-order valence-electron chi connectivity index (χ3n) is 3.39. The number of carbonyl (C=O) groups excluding carboxylic acids is 2. The van der Waals surface area contributed by atoms with Gasteiger partial charge in [0.25, 0.3) is 0 Å². The molecule has 0 unspecified atom stereocenters. The van der Waals surface area contributed by atoms with Crippen LogP contribution in [0, 0.1) is 0 Å². The maximum Gasteiger partial charge on any atom is 0.329 e. The van der Waals surface area contributed by atoms with E-state index in [4.69, 9.17) is 4.74 Å². The summed E-state index contributed by atoms with van der Waals surface area (Å²) in [6, 6.07) is -0.663. The van der Waals surface area contributed by atoms with Crippen molar-refractivity contribution in [1.82, 2.24) is 15.3 Å². The van der Waals surface area contributed by atoms with E-state index >= 15 is 0 Å². The number of rotatable bonds is 11. The van der Waals surface area contributed by atoms with E-state index in [1.807, 2.05) is 0 Å². The third-order valence-corrected chi connectivity index (χ3v) is 3.39. The summed E-state index contributed by atoms with van der Waals surface area (Å²) in [4.78, 5) is 30.8. The minimum atomic E-state index is -0.663. The lowest BCUT2D eigenvalue weighted by Crippen LogP contribution is -2.43. The second-order valence-electron chi connectivity index (χ2n) is 5.32. The first-order valence-corrected chi connectivity index (χ1v) is 8.10. The van der Waals surface area contributed by atoms with E-state index in [-0.39, 0.29) is 5.91 Å². The van der Waals surface area contributed by atoms with Crippen molar-refractivity contribution in [3.05, 3.63) is 18.2 Å². The molecule has 1 aromatic rings. The summed E-state index contributed by atoms with van der Waals surface area (Å²) in [5, 5.41) is 2.77. The van der Waals surface area contributed by atoms with Crippen molar-refractivity contribution >= 4 is 11.9 Å². The number of H-pyrrole nitrogens is 1. The molecule has 6 heteroatoms. The Balaban J connectivity index is 2.42. The summed E-state index contributed by atoms with van der Waals surface area (Å²) in [5.74, 6) is -0.509. The third kappa shape index (κ3) is 7.24. The summed E-state index contributed by atoms with van der Waals surface area (Å²) < 4.78 is 5.02. The molecule has 0 saturated carbocycles. The SMILES string of the molecule is CCCCCCCC(=O)N[C@@H](Cc1cnc[nH]1)C(=O)OCC. The molecule has 0 aliphatic rings. The summed E-state index contributed by atoms with van der Waals surface area (Å²) in [7, 11) is 0. The van der Waals surface area contributed by atoms with Crippen LogP contribution in [0.1, 0.15) is 58.1 Å². The zero-order valence-corrected chi connectivity index (χ0v) is 13.6. The van der Waals surface area contributed by atoms with Crippen LogP contribution in [0.25, 0.3) is 0 Å². The molecule has 22 heavy (non-hydrogen) atoms. The molecule has 0 aromatic carbocycles. The monoisotopic (exact) mass is 309 g/mol. The number of aromatic nitrogens is 2. The molecule has 6 nitrogen and oxygen atoms in total. The van der Waals surface area contributed by atoms with E-state index in [1.165, 1.54) is 12.8 Å². The van der Waals surface area contributed by atoms with Gasteiger partial charge >= 0.3 is 5.97 Å². The molecule has 1 heterocycles. The Morgan fingerprint density at radius 2 is 2.05 bits per heavy atom. The van der Waals surface area contributed by atoms with Crippen LogP contribution in [0.4, 0.5) is 0 Å². The predicted octanol–water partition coefficient (Wildman–Crippen LogP) is 2.36. The quantitative estimate of drug-likeness (QED) is 0.485. The average Bonchev–Trinajstić information content (AvgIpc) is 2.99. The number of nitrogens with zero attached hydrogens (tertiary/aromatic N) is 1. The number of unbranched alkanes of at least 4 members (excludes halogenated alkanes) is 4. The first-order chi connectivity index (χ1) is 10.7. The molecule has 2 N–H and O–H groups in total. The van der Waals surface area contributed by atoms with Crippen molar-refractivity contribution in [3.8, 4) is 0 Å². The fraction of sp³-hybridized carbons (Fsp3) is 0.688. The number of ether oxygens (including phenoxy) is 1. The van der Waals surface area contributed by atoms with E-state index in [2.05, 4.69) is 22.2 Å². The minimum absolute atomic E-state index is 0.103. The smallest absolute Gasteiger partial charge is 0.329 e. The van der Waals surface area contributed by atoms with E-state index in [0.717, 1.165) is 25.0 Å². The first kappa shape index (κ1) is 18.2. The highest BCUT2D eigenvalue weighted by atomic mass is 16.5. The van der Waals surface area contributed by atoms with Crippen molar-refractivity contribution in [1.29, 1.82) is 0 Å². The highest BCUT2D eigenvalue weighted by Gasteiger charge is 2.22. The van der Waals surface area contributed by atoms with Crippen LogP contribution < -0.4 is 5.32 Å². The van der Waals surface area contributed by atoms with Gasteiger partial charge in [-0.2, -0.15) is 0 Å². The van der Waals surface area contributed by atoms with Crippen LogP contribution in [-0.4, -0.2) is 34.5 Å². The molecule has 0 aliphatic carbocycles. The van der Waals surface area contributed by atoms with Gasteiger partial charge < -0.3 is 15.0 Å². The van der Waals surface area contributed by atoms with Gasteiger partial charge in [-0.1, -0.05) is 32.6 Å². The Hall–Kier alpha value is -1.85. The first-order valence-electron chi connectivity index (χ1n) is 8.10. The maximum absolute atomic E-state index is 12.0. The van der Waals surface area contributed by atoms with Gasteiger partial charge in [0.1, 0.15) is 6.04 Å². The second kappa shape index (κ2) is 10.8. The highest BCUT2D eigenvalue weighted by Crippen LogP contribution is 2.06. The van der Waals surface area contributed by atoms with Crippen molar-refractivity contribution in [2.24, 2.45) is 0 Å². The lowest BCUT2D eigenvalue weighted by Gasteiger charge is -2.16. The molecule has 0 fully saturated rings. The van der Waals surface area contributed by atoms with Crippen LogP contribution in [0.2, 0.25) is 0 Å². The van der Waals surface area contributed by atoms with E-state index in [0.29, 0.717) is 19.4 Å². The van der Waals surface area contributed by atoms with Crippen molar-refractivity contribution in [2.45, 2.75) is 64.8 Å². The van der Waals surface area contributed by atoms with Gasteiger partial charge in [-0.25, -0.2) is 9.78 Å². The Bertz CT molecular complexity index is 432. The minimum Gasteiger partial charge on any atom is -0.464 e. The van der Waals surface area contributed by atoms with E-state index in [9.17, 15) is 9.59 Å². The van der Waals surface area contributed by atoms with Crippen LogP contribution in [0.5, 0.6) is 0 Å². The van der Waals surface area contributed by atoms with Crippen LogP contribution in [-0.2, 0) is 20.7 Å². The van der Waals surface area contributed by atoms with Gasteiger partial charge in [-0.05, 0) is 13.3 Å². The fourth-order valence-corrected chi connectivity index (χ4v) is 2.21. The molecule has 1 atom stereocenters. The molecule has 0 aliphatic heterocycles. The lowest BCUT2D eigenvalue weighted by atomic mass is 10.1. The summed E-state index contributed by atoms with van der Waals surface area (Å²) >= 11 is 0. The molecule has 1 aromatic heterocycles. The van der Waals surface area contributed by atoms with Crippen molar-refractivity contribution < 1.29 is 14.3 Å². The number of esters is 1. The van der Waals surface area contributed by atoms with Gasteiger partial charge in [0.2, 0.25) is 5.91 Å². The molecule has 1 amide bonds. The normalized spacial score (nSPS) is 11.9. The zero-order chi connectivity index (χ0) is 16.2. The Kier molecular flexibility index (Phi) is 8.95.